The summed E-state index contributed by atoms with van der Waals surface area (Å²) in [5.41, 5.74) is 0.853. The van der Waals surface area contributed by atoms with Crippen LogP contribution in [-0.4, -0.2) is 21.6 Å². The Hall–Kier alpha value is -1.91. The van der Waals surface area contributed by atoms with Crippen LogP contribution in [0.15, 0.2) is 18.5 Å². The number of fused-ring (bicyclic) bond motifs is 1. The van der Waals surface area contributed by atoms with Gasteiger partial charge in [0, 0.05) is 5.39 Å². The van der Waals surface area contributed by atoms with Gasteiger partial charge in [0.2, 0.25) is 6.41 Å². The molecule has 0 aromatic carbocycles. The quantitative estimate of drug-likeness (QED) is 0.632. The van der Waals surface area contributed by atoms with Crippen molar-refractivity contribution in [2.75, 3.05) is 5.32 Å². The molecular formula is C7H6N4O. The smallest absolute Gasteiger partial charge is 0.212 e. The van der Waals surface area contributed by atoms with Crippen molar-refractivity contribution in [2.45, 2.75) is 0 Å². The molecule has 60 valence electrons. The summed E-state index contributed by atoms with van der Waals surface area (Å²) >= 11 is 0. The molecule has 2 rings (SSSR count). The van der Waals surface area contributed by atoms with Crippen molar-refractivity contribution in [3.8, 4) is 0 Å². The van der Waals surface area contributed by atoms with Gasteiger partial charge in [-0.3, -0.25) is 9.89 Å². The third-order valence-corrected chi connectivity index (χ3v) is 1.53. The summed E-state index contributed by atoms with van der Waals surface area (Å²) < 4.78 is 0. The summed E-state index contributed by atoms with van der Waals surface area (Å²) in [4.78, 5) is 14.0. The van der Waals surface area contributed by atoms with E-state index in [2.05, 4.69) is 20.5 Å². The molecule has 0 fully saturated rings. The van der Waals surface area contributed by atoms with E-state index in [1.165, 1.54) is 0 Å². The summed E-state index contributed by atoms with van der Waals surface area (Å²) in [6, 6.07) is 1.74. The maximum atomic E-state index is 10.1. The minimum absolute atomic E-state index is 0.527. The molecule has 0 bridgehead atoms. The van der Waals surface area contributed by atoms with Gasteiger partial charge in [-0.05, 0) is 6.07 Å². The largest absolute Gasteiger partial charge is 0.313 e. The maximum absolute atomic E-state index is 10.1. The number of aromatic amines is 1. The van der Waals surface area contributed by atoms with E-state index in [0.29, 0.717) is 12.2 Å². The molecule has 0 spiro atoms. The van der Waals surface area contributed by atoms with Gasteiger partial charge in [0.05, 0.1) is 17.9 Å². The third kappa shape index (κ3) is 1.01. The number of nitrogens with zero attached hydrogens (tertiary/aromatic N) is 2. The maximum Gasteiger partial charge on any atom is 0.212 e. The first-order valence-corrected chi connectivity index (χ1v) is 3.39. The summed E-state index contributed by atoms with van der Waals surface area (Å²) in [6.45, 7) is 0. The number of pyridine rings is 1. The minimum Gasteiger partial charge on any atom is -0.313 e. The van der Waals surface area contributed by atoms with Gasteiger partial charge in [0.25, 0.3) is 0 Å². The average molecular weight is 162 g/mol. The highest BCUT2D eigenvalue weighted by molar-refractivity contribution is 5.82. The number of H-pyrrole nitrogens is 1. The van der Waals surface area contributed by atoms with E-state index in [-0.39, 0.29) is 0 Å². The van der Waals surface area contributed by atoms with Crippen LogP contribution in [0, 0.1) is 0 Å². The van der Waals surface area contributed by atoms with Crippen molar-refractivity contribution in [3.63, 3.8) is 0 Å². The summed E-state index contributed by atoms with van der Waals surface area (Å²) in [7, 11) is 0. The highest BCUT2D eigenvalue weighted by atomic mass is 16.1. The van der Waals surface area contributed by atoms with Crippen molar-refractivity contribution >= 4 is 23.1 Å². The molecule has 0 saturated carbocycles. The molecule has 5 heteroatoms. The molecule has 0 radical (unpaired) electrons. The molecule has 5 nitrogen and oxygen atoms in total. The van der Waals surface area contributed by atoms with E-state index >= 15 is 0 Å². The molecule has 0 unspecified atom stereocenters. The molecular weight excluding hydrogens is 156 g/mol. The van der Waals surface area contributed by atoms with Crippen molar-refractivity contribution < 1.29 is 4.79 Å². The molecule has 0 saturated heterocycles. The van der Waals surface area contributed by atoms with E-state index < -0.39 is 0 Å². The van der Waals surface area contributed by atoms with Gasteiger partial charge >= 0.3 is 0 Å². The fraction of sp³-hybridized carbons (Fsp3) is 0. The summed E-state index contributed by atoms with van der Waals surface area (Å²) in [6.07, 6.45) is 3.88. The van der Waals surface area contributed by atoms with Crippen molar-refractivity contribution in [3.05, 3.63) is 18.5 Å². The van der Waals surface area contributed by atoms with Crippen LogP contribution in [0.25, 0.3) is 10.9 Å². The lowest BCUT2D eigenvalue weighted by atomic mass is 10.3. The van der Waals surface area contributed by atoms with Crippen LogP contribution in [0.1, 0.15) is 0 Å². The Bertz CT molecular complexity index is 408. The lowest BCUT2D eigenvalue weighted by Gasteiger charge is -1.94. The van der Waals surface area contributed by atoms with E-state index in [1.807, 2.05) is 0 Å². The summed E-state index contributed by atoms with van der Waals surface area (Å²) in [5, 5.41) is 9.96. The Balaban J connectivity index is 2.52. The highest BCUT2D eigenvalue weighted by Crippen LogP contribution is 2.12. The number of aromatic nitrogens is 3. The molecule has 2 aromatic rings. The topological polar surface area (TPSA) is 70.7 Å². The monoisotopic (exact) mass is 162 g/mol. The predicted molar refractivity (Wildman–Crippen MR) is 43.6 cm³/mol. The number of amides is 1. The lowest BCUT2D eigenvalue weighted by molar-refractivity contribution is -0.105. The Morgan fingerprint density at radius 1 is 1.50 bits per heavy atom. The predicted octanol–water partition coefficient (Wildman–Crippen LogP) is 0.526. The molecule has 0 aliphatic carbocycles. The average Bonchev–Trinajstić information content (AvgIpc) is 2.51. The van der Waals surface area contributed by atoms with E-state index in [0.717, 1.165) is 10.9 Å². The van der Waals surface area contributed by atoms with Crippen LogP contribution in [0.5, 0.6) is 0 Å². The fourth-order valence-corrected chi connectivity index (χ4v) is 0.982. The van der Waals surface area contributed by atoms with E-state index in [4.69, 9.17) is 0 Å². The molecule has 0 atom stereocenters. The zero-order chi connectivity index (χ0) is 8.39. The highest BCUT2D eigenvalue weighted by Gasteiger charge is 1.96. The van der Waals surface area contributed by atoms with Gasteiger partial charge in [0.1, 0.15) is 5.82 Å². The van der Waals surface area contributed by atoms with Gasteiger partial charge in [-0.1, -0.05) is 0 Å². The zero-order valence-corrected chi connectivity index (χ0v) is 6.11. The van der Waals surface area contributed by atoms with Crippen LogP contribution < -0.4 is 5.32 Å². The normalized spacial score (nSPS) is 10.0. The fourth-order valence-electron chi connectivity index (χ4n) is 0.982. The van der Waals surface area contributed by atoms with Gasteiger partial charge in [0.15, 0.2) is 0 Å². The lowest BCUT2D eigenvalue weighted by Crippen LogP contribution is -1.95. The Labute approximate surface area is 67.8 Å². The van der Waals surface area contributed by atoms with Crippen LogP contribution in [0.4, 0.5) is 5.82 Å². The van der Waals surface area contributed by atoms with Gasteiger partial charge in [-0.2, -0.15) is 5.10 Å². The number of anilines is 1. The van der Waals surface area contributed by atoms with Gasteiger partial charge in [-0.25, -0.2) is 4.98 Å². The van der Waals surface area contributed by atoms with Crippen LogP contribution in [0.2, 0.25) is 0 Å². The number of hydrogen-bond acceptors (Lipinski definition) is 3. The molecule has 1 amide bonds. The first-order chi connectivity index (χ1) is 5.90. The third-order valence-electron chi connectivity index (χ3n) is 1.53. The van der Waals surface area contributed by atoms with Crippen LogP contribution in [0.3, 0.4) is 0 Å². The van der Waals surface area contributed by atoms with Crippen LogP contribution >= 0.6 is 0 Å². The molecule has 2 heterocycles. The second kappa shape index (κ2) is 2.61. The SMILES string of the molecule is O=CNc1cc2cn[nH]c2cn1. The minimum atomic E-state index is 0.527. The van der Waals surface area contributed by atoms with Crippen molar-refractivity contribution in [1.82, 2.24) is 15.2 Å². The van der Waals surface area contributed by atoms with E-state index in [9.17, 15) is 4.79 Å². The molecule has 0 aliphatic heterocycles. The molecule has 2 aromatic heterocycles. The number of nitrogens with one attached hydrogen (secondary N) is 2. The second-order valence-electron chi connectivity index (χ2n) is 2.29. The van der Waals surface area contributed by atoms with Gasteiger partial charge < -0.3 is 5.32 Å². The summed E-state index contributed by atoms with van der Waals surface area (Å²) in [5.74, 6) is 0.527. The van der Waals surface area contributed by atoms with E-state index in [1.54, 1.807) is 18.5 Å². The van der Waals surface area contributed by atoms with Crippen molar-refractivity contribution in [2.24, 2.45) is 0 Å². The standard InChI is InChI=1S/C7H6N4O/c12-4-9-7-1-5-2-10-11-6(5)3-8-7/h1-4H,(H,10,11)(H,8,9,12). The van der Waals surface area contributed by atoms with Gasteiger partial charge in [-0.15, -0.1) is 0 Å². The Morgan fingerprint density at radius 3 is 3.25 bits per heavy atom. The van der Waals surface area contributed by atoms with Crippen LogP contribution in [-0.2, 0) is 4.79 Å². The second-order valence-corrected chi connectivity index (χ2v) is 2.29. The Morgan fingerprint density at radius 2 is 2.42 bits per heavy atom. The molecule has 12 heavy (non-hydrogen) atoms. The first kappa shape index (κ1) is 6.78. The molecule has 0 aliphatic rings. The molecule has 2 N–H and O–H groups in total. The number of rotatable bonds is 2. The number of carbonyl (C=O) groups excluding carboxylic acids is 1. The first-order valence-electron chi connectivity index (χ1n) is 3.39. The zero-order valence-electron chi connectivity index (χ0n) is 6.11. The van der Waals surface area contributed by atoms with Crippen molar-refractivity contribution in [1.29, 1.82) is 0 Å². The number of carbonyl (C=O) groups is 1. The number of hydrogen-bond donors (Lipinski definition) is 2. The Kier molecular flexibility index (Phi) is 1.48.